The molecule has 6 nitrogen and oxygen atoms in total. The number of aryl methyl sites for hydroxylation is 3. The minimum Gasteiger partial charge on any atom is -0.340 e. The molecule has 0 atom stereocenters. The Labute approximate surface area is 129 Å². The maximum absolute atomic E-state index is 12.6. The monoisotopic (exact) mass is 300 g/mol. The third-order valence-electron chi connectivity index (χ3n) is 4.37. The SMILES string of the molecule is Cc1nc(C2(NC(=O)c3cc(C)c(C)cn3)CCCC2)no1. The summed E-state index contributed by atoms with van der Waals surface area (Å²) in [6.45, 7) is 5.71. The van der Waals surface area contributed by atoms with Gasteiger partial charge in [-0.05, 0) is 43.9 Å². The third kappa shape index (κ3) is 2.61. The molecular formula is C16H20N4O2. The van der Waals surface area contributed by atoms with Gasteiger partial charge in [0.05, 0.1) is 0 Å². The predicted molar refractivity (Wildman–Crippen MR) is 80.4 cm³/mol. The third-order valence-corrected chi connectivity index (χ3v) is 4.37. The van der Waals surface area contributed by atoms with Gasteiger partial charge in [-0.25, -0.2) is 0 Å². The van der Waals surface area contributed by atoms with Gasteiger partial charge in [0.25, 0.3) is 5.91 Å². The van der Waals surface area contributed by atoms with Crippen LogP contribution in [0.2, 0.25) is 0 Å². The van der Waals surface area contributed by atoms with E-state index in [4.69, 9.17) is 4.52 Å². The van der Waals surface area contributed by atoms with Gasteiger partial charge < -0.3 is 9.84 Å². The summed E-state index contributed by atoms with van der Waals surface area (Å²) < 4.78 is 5.10. The van der Waals surface area contributed by atoms with Crippen molar-refractivity contribution in [3.05, 3.63) is 40.8 Å². The summed E-state index contributed by atoms with van der Waals surface area (Å²) in [4.78, 5) is 21.2. The van der Waals surface area contributed by atoms with Crippen LogP contribution in [0.15, 0.2) is 16.8 Å². The van der Waals surface area contributed by atoms with E-state index in [1.54, 1.807) is 13.1 Å². The van der Waals surface area contributed by atoms with Crippen LogP contribution in [0.25, 0.3) is 0 Å². The summed E-state index contributed by atoms with van der Waals surface area (Å²) >= 11 is 0. The average molecular weight is 300 g/mol. The number of pyridine rings is 1. The van der Waals surface area contributed by atoms with Crippen LogP contribution in [0.4, 0.5) is 0 Å². The molecule has 1 N–H and O–H groups in total. The van der Waals surface area contributed by atoms with Crippen molar-refractivity contribution in [1.29, 1.82) is 0 Å². The van der Waals surface area contributed by atoms with E-state index in [2.05, 4.69) is 20.4 Å². The Bertz CT molecular complexity index is 702. The van der Waals surface area contributed by atoms with Crippen LogP contribution in [-0.2, 0) is 5.54 Å². The van der Waals surface area contributed by atoms with Crippen LogP contribution in [0.5, 0.6) is 0 Å². The smallest absolute Gasteiger partial charge is 0.270 e. The van der Waals surface area contributed by atoms with Gasteiger partial charge in [0, 0.05) is 13.1 Å². The second-order valence-electron chi connectivity index (χ2n) is 6.03. The van der Waals surface area contributed by atoms with Crippen LogP contribution >= 0.6 is 0 Å². The molecule has 1 aliphatic rings. The molecule has 0 saturated heterocycles. The summed E-state index contributed by atoms with van der Waals surface area (Å²) in [6, 6.07) is 1.81. The lowest BCUT2D eigenvalue weighted by molar-refractivity contribution is 0.0886. The standard InChI is InChI=1S/C16H20N4O2/c1-10-8-13(17-9-11(10)2)14(21)19-16(6-4-5-7-16)15-18-12(3)22-20-15/h8-9H,4-7H2,1-3H3,(H,19,21). The maximum Gasteiger partial charge on any atom is 0.270 e. The van der Waals surface area contributed by atoms with Crippen molar-refractivity contribution in [2.24, 2.45) is 0 Å². The number of nitrogens with one attached hydrogen (secondary N) is 1. The zero-order chi connectivity index (χ0) is 15.7. The summed E-state index contributed by atoms with van der Waals surface area (Å²) in [5, 5.41) is 7.13. The molecule has 0 radical (unpaired) electrons. The lowest BCUT2D eigenvalue weighted by Gasteiger charge is -2.26. The van der Waals surface area contributed by atoms with E-state index in [9.17, 15) is 4.79 Å². The van der Waals surface area contributed by atoms with E-state index in [0.29, 0.717) is 17.4 Å². The van der Waals surface area contributed by atoms with Gasteiger partial charge in [0.1, 0.15) is 11.2 Å². The molecule has 2 heterocycles. The normalized spacial score (nSPS) is 16.7. The van der Waals surface area contributed by atoms with E-state index in [1.165, 1.54) is 0 Å². The molecule has 0 aromatic carbocycles. The minimum atomic E-state index is -0.532. The summed E-state index contributed by atoms with van der Waals surface area (Å²) in [5.74, 6) is 0.895. The van der Waals surface area contributed by atoms with Crippen LogP contribution < -0.4 is 5.32 Å². The molecule has 1 aliphatic carbocycles. The Hall–Kier alpha value is -2.24. The summed E-state index contributed by atoms with van der Waals surface area (Å²) in [7, 11) is 0. The van der Waals surface area contributed by atoms with Gasteiger partial charge in [-0.1, -0.05) is 18.0 Å². The molecule has 1 saturated carbocycles. The molecule has 2 aromatic rings. The second-order valence-corrected chi connectivity index (χ2v) is 6.03. The number of hydrogen-bond donors (Lipinski definition) is 1. The molecule has 1 amide bonds. The van der Waals surface area contributed by atoms with Gasteiger partial charge in [-0.15, -0.1) is 0 Å². The van der Waals surface area contributed by atoms with E-state index in [0.717, 1.165) is 36.8 Å². The van der Waals surface area contributed by atoms with Crippen LogP contribution in [0, 0.1) is 20.8 Å². The Morgan fingerprint density at radius 2 is 1.95 bits per heavy atom. The van der Waals surface area contributed by atoms with Crippen LogP contribution in [-0.4, -0.2) is 21.0 Å². The van der Waals surface area contributed by atoms with Crippen LogP contribution in [0.1, 0.15) is 59.0 Å². The second kappa shape index (κ2) is 5.51. The van der Waals surface area contributed by atoms with Crippen molar-refractivity contribution in [3.8, 4) is 0 Å². The number of aromatic nitrogens is 3. The average Bonchev–Trinajstić information content (AvgIpc) is 3.12. The number of carbonyl (C=O) groups excluding carboxylic acids is 1. The molecular weight excluding hydrogens is 280 g/mol. The molecule has 0 spiro atoms. The molecule has 1 fully saturated rings. The Kier molecular flexibility index (Phi) is 3.68. The Balaban J connectivity index is 1.88. The Morgan fingerprint density at radius 3 is 2.55 bits per heavy atom. The topological polar surface area (TPSA) is 80.9 Å². The molecule has 2 aromatic heterocycles. The number of rotatable bonds is 3. The first-order valence-electron chi connectivity index (χ1n) is 7.57. The summed E-state index contributed by atoms with van der Waals surface area (Å²) in [5.41, 5.74) is 2.02. The van der Waals surface area contributed by atoms with Gasteiger partial charge in [0.15, 0.2) is 5.82 Å². The largest absolute Gasteiger partial charge is 0.340 e. The lowest BCUT2D eigenvalue weighted by Crippen LogP contribution is -2.45. The quantitative estimate of drug-likeness (QED) is 0.942. The van der Waals surface area contributed by atoms with E-state index in [1.807, 2.05) is 19.9 Å². The highest BCUT2D eigenvalue weighted by Gasteiger charge is 2.41. The zero-order valence-corrected chi connectivity index (χ0v) is 13.1. The molecule has 22 heavy (non-hydrogen) atoms. The van der Waals surface area contributed by atoms with Gasteiger partial charge in [0.2, 0.25) is 5.89 Å². The maximum atomic E-state index is 12.6. The van der Waals surface area contributed by atoms with Crippen molar-refractivity contribution in [2.75, 3.05) is 0 Å². The fourth-order valence-corrected chi connectivity index (χ4v) is 2.91. The van der Waals surface area contributed by atoms with Crippen molar-refractivity contribution < 1.29 is 9.32 Å². The van der Waals surface area contributed by atoms with Gasteiger partial charge in [-0.2, -0.15) is 4.98 Å². The van der Waals surface area contributed by atoms with Crippen molar-refractivity contribution in [2.45, 2.75) is 52.0 Å². The molecule has 0 unspecified atom stereocenters. The molecule has 0 aliphatic heterocycles. The number of nitrogens with zero attached hydrogens (tertiary/aromatic N) is 3. The first kappa shape index (κ1) is 14.7. The van der Waals surface area contributed by atoms with E-state index < -0.39 is 5.54 Å². The highest BCUT2D eigenvalue weighted by atomic mass is 16.5. The van der Waals surface area contributed by atoms with Gasteiger partial charge >= 0.3 is 0 Å². The molecule has 116 valence electrons. The van der Waals surface area contributed by atoms with Crippen LogP contribution in [0.3, 0.4) is 0 Å². The number of carbonyl (C=O) groups is 1. The highest BCUT2D eigenvalue weighted by Crippen LogP contribution is 2.37. The molecule has 6 heteroatoms. The van der Waals surface area contributed by atoms with E-state index in [-0.39, 0.29) is 5.91 Å². The first-order valence-corrected chi connectivity index (χ1v) is 7.57. The van der Waals surface area contributed by atoms with Crippen molar-refractivity contribution in [3.63, 3.8) is 0 Å². The van der Waals surface area contributed by atoms with E-state index >= 15 is 0 Å². The summed E-state index contributed by atoms with van der Waals surface area (Å²) in [6.07, 6.45) is 5.44. The fraction of sp³-hybridized carbons (Fsp3) is 0.500. The fourth-order valence-electron chi connectivity index (χ4n) is 2.91. The lowest BCUT2D eigenvalue weighted by atomic mass is 9.96. The number of amides is 1. The minimum absolute atomic E-state index is 0.188. The Morgan fingerprint density at radius 1 is 1.23 bits per heavy atom. The van der Waals surface area contributed by atoms with Gasteiger partial charge in [-0.3, -0.25) is 9.78 Å². The highest BCUT2D eigenvalue weighted by molar-refractivity contribution is 5.93. The number of hydrogen-bond acceptors (Lipinski definition) is 5. The zero-order valence-electron chi connectivity index (χ0n) is 13.1. The van der Waals surface area contributed by atoms with Crippen molar-refractivity contribution >= 4 is 5.91 Å². The predicted octanol–water partition coefficient (Wildman–Crippen LogP) is 2.59. The van der Waals surface area contributed by atoms with Crippen molar-refractivity contribution in [1.82, 2.24) is 20.4 Å². The molecule has 3 rings (SSSR count). The molecule has 0 bridgehead atoms. The first-order chi connectivity index (χ1) is 10.5.